The van der Waals surface area contributed by atoms with Gasteiger partial charge in [-0.05, 0) is 34.8 Å². The molecule has 0 aliphatic carbocycles. The van der Waals surface area contributed by atoms with Gasteiger partial charge in [0, 0.05) is 124 Å². The zero-order chi connectivity index (χ0) is 22.4. The van der Waals surface area contributed by atoms with Gasteiger partial charge in [0.15, 0.2) is 0 Å². The van der Waals surface area contributed by atoms with Crippen molar-refractivity contribution in [2.45, 2.75) is 44.8 Å². The first-order valence-corrected chi connectivity index (χ1v) is 12.0. The Bertz CT molecular complexity index is 479. The second kappa shape index (κ2) is 18.7. The maximum absolute atomic E-state index is 2.27. The van der Waals surface area contributed by atoms with Crippen molar-refractivity contribution in [2.24, 2.45) is 0 Å². The van der Waals surface area contributed by atoms with Gasteiger partial charge in [-0.3, -0.25) is 0 Å². The summed E-state index contributed by atoms with van der Waals surface area (Å²) in [6, 6.07) is 0. The molecule has 3 fully saturated rings. The van der Waals surface area contributed by atoms with E-state index in [1.54, 1.807) is 0 Å². The summed E-state index contributed by atoms with van der Waals surface area (Å²) < 4.78 is 1.28. The quantitative estimate of drug-likeness (QED) is 0.313. The normalized spacial score (nSPS) is 23.6. The van der Waals surface area contributed by atoms with Gasteiger partial charge in [-0.1, -0.05) is 0 Å². The number of nitrogens with zero attached hydrogens (tertiary/aromatic N) is 1. The second-order valence-electron chi connectivity index (χ2n) is 8.20. The molecule has 0 aromatic carbocycles. The van der Waals surface area contributed by atoms with Crippen LogP contribution in [0.1, 0.15) is 27.7 Å². The van der Waals surface area contributed by atoms with Crippen molar-refractivity contribution < 1.29 is 21.6 Å². The van der Waals surface area contributed by atoms with Gasteiger partial charge in [0.1, 0.15) is 0 Å². The minimum atomic E-state index is 0. The van der Waals surface area contributed by atoms with Crippen LogP contribution in [0.25, 0.3) is 0 Å². The zero-order valence-corrected chi connectivity index (χ0v) is 21.4. The summed E-state index contributed by atoms with van der Waals surface area (Å²) in [6.07, 6.45) is 0. The Hall–Kier alpha value is 1.52. The van der Waals surface area contributed by atoms with Gasteiger partial charge in [-0.15, -0.1) is 17.1 Å². The SMILES string of the molecule is CC[N+](CC)(CC)CC.[B]1[B][B]C2[B][B][B][B]C2=[B-][B]1.[B]1[B][B]C2[B][B][B][B]C2[B][B]1.[Fe]. The van der Waals surface area contributed by atoms with Gasteiger partial charge in [-0.25, -0.2) is 7.06 Å². The van der Waals surface area contributed by atoms with Crippen LogP contribution in [0.3, 0.4) is 0 Å². The molecule has 1 nitrogen and oxygen atoms in total. The molecule has 4 aliphatic rings. The molecule has 4 rings (SSSR count). The van der Waals surface area contributed by atoms with Gasteiger partial charge < -0.3 is 16.7 Å². The molecule has 3 unspecified atom stereocenters. The molecule has 3 saturated heterocycles. The molecular formula is C12H23B18FeN. The van der Waals surface area contributed by atoms with Crippen LogP contribution in [0.2, 0.25) is 17.1 Å². The van der Waals surface area contributed by atoms with E-state index >= 15 is 0 Å². The predicted molar refractivity (Wildman–Crippen MR) is 162 cm³/mol. The summed E-state index contributed by atoms with van der Waals surface area (Å²) in [4.78, 5) is 0. The summed E-state index contributed by atoms with van der Waals surface area (Å²) in [5, 5.41) is 1.37. The Morgan fingerprint density at radius 1 is 0.594 bits per heavy atom. The Morgan fingerprint density at radius 2 is 1.03 bits per heavy atom. The van der Waals surface area contributed by atoms with Crippen molar-refractivity contribution in [1.82, 2.24) is 0 Å². The maximum Gasteiger partial charge on any atom is 0.0757 e. The fourth-order valence-electron chi connectivity index (χ4n) is 4.15. The van der Waals surface area contributed by atoms with E-state index in [-0.39, 0.29) is 17.1 Å². The monoisotopic (exact) mass is 435 g/mol. The van der Waals surface area contributed by atoms with E-state index in [0.717, 1.165) is 0 Å². The summed E-state index contributed by atoms with van der Waals surface area (Å²) in [6.45, 7) is 16.4. The Morgan fingerprint density at radius 3 is 1.50 bits per heavy atom. The molecule has 4 aliphatic heterocycles. The number of rotatable bonds is 4. The number of hydrogen-bond acceptors (Lipinski definition) is 0. The third-order valence-corrected chi connectivity index (χ3v) is 6.73. The van der Waals surface area contributed by atoms with Crippen molar-refractivity contribution in [3.05, 3.63) is 0 Å². The Labute approximate surface area is 224 Å². The first kappa shape index (κ1) is 31.5. The summed E-state index contributed by atoms with van der Waals surface area (Å²) in [5.41, 5.74) is 1.65. The van der Waals surface area contributed by atoms with E-state index in [0.29, 0.717) is 17.1 Å². The fourth-order valence-corrected chi connectivity index (χ4v) is 4.15. The third kappa shape index (κ3) is 11.1. The molecule has 0 aromatic heterocycles. The standard InChI is InChI=1S/C8H20N.C2H2B9.C2HB9.Fe/c1-5-9(6-2,7-3)8-4;2*3-1-2(4-8-7-3)6-10-11-9-5-1;/h5-8H2,1-4H3;1-2H;1H;/q+1;;-1;. The van der Waals surface area contributed by atoms with Gasteiger partial charge in [0.25, 0.3) is 0 Å². The first-order chi connectivity index (χ1) is 15.2. The molecule has 4 heterocycles. The molecule has 138 valence electrons. The van der Waals surface area contributed by atoms with Crippen LogP contribution in [0.5, 0.6) is 0 Å². The van der Waals surface area contributed by atoms with E-state index in [4.69, 9.17) is 0 Å². The number of quaternary nitrogens is 1. The van der Waals surface area contributed by atoms with Crippen molar-refractivity contribution in [3.63, 3.8) is 0 Å². The molecule has 0 amide bonds. The van der Waals surface area contributed by atoms with Crippen molar-refractivity contribution in [1.29, 1.82) is 0 Å². The van der Waals surface area contributed by atoms with E-state index in [2.05, 4.69) is 155 Å². The van der Waals surface area contributed by atoms with Gasteiger partial charge in [0.05, 0.1) is 26.2 Å². The van der Waals surface area contributed by atoms with Crippen LogP contribution in [0.15, 0.2) is 0 Å². The van der Waals surface area contributed by atoms with E-state index in [9.17, 15) is 0 Å². The number of fused-ring (bicyclic) bond motifs is 2. The van der Waals surface area contributed by atoms with Crippen LogP contribution in [0.4, 0.5) is 0 Å². The maximum atomic E-state index is 2.27. The van der Waals surface area contributed by atoms with Crippen molar-refractivity contribution in [3.8, 4) is 0 Å². The van der Waals surface area contributed by atoms with Crippen LogP contribution < -0.4 is 0 Å². The smallest absolute Gasteiger partial charge is 0.0757 e. The molecule has 0 saturated carbocycles. The van der Waals surface area contributed by atoms with Crippen LogP contribution in [-0.4, -0.2) is 164 Å². The summed E-state index contributed by atoms with van der Waals surface area (Å²) in [7, 11) is 36.5. The predicted octanol–water partition coefficient (Wildman–Crippen LogP) is -4.24. The Balaban J connectivity index is 0.000000239. The molecule has 32 heavy (non-hydrogen) atoms. The van der Waals surface area contributed by atoms with Gasteiger partial charge >= 0.3 is 0 Å². The molecule has 18 radical (unpaired) electrons. The average Bonchev–Trinajstić information content (AvgIpc) is 3.22. The summed E-state index contributed by atoms with van der Waals surface area (Å²) in [5.74, 6) is 0. The molecule has 0 N–H and O–H groups in total. The van der Waals surface area contributed by atoms with Crippen LogP contribution in [-0.2, 0) is 17.1 Å². The average molecular weight is 432 g/mol. The fraction of sp³-hybridized carbons (Fsp3) is 0.917. The van der Waals surface area contributed by atoms with E-state index in [1.807, 2.05) is 0 Å². The second-order valence-corrected chi connectivity index (χ2v) is 8.20. The van der Waals surface area contributed by atoms with E-state index in [1.165, 1.54) is 36.0 Å². The molecule has 20 heteroatoms. The molecule has 3 atom stereocenters. The van der Waals surface area contributed by atoms with Crippen molar-refractivity contribution >= 4 is 133 Å². The van der Waals surface area contributed by atoms with E-state index < -0.39 is 0 Å². The molecule has 0 spiro atoms. The first-order valence-electron chi connectivity index (χ1n) is 12.0. The zero-order valence-electron chi connectivity index (χ0n) is 20.3. The van der Waals surface area contributed by atoms with Crippen LogP contribution in [0, 0.1) is 0 Å². The Kier molecular flexibility index (Phi) is 18.5. The summed E-state index contributed by atoms with van der Waals surface area (Å²) >= 11 is 0. The largest absolute Gasteiger partial charge is 0.409 e. The minimum absolute atomic E-state index is 0. The molecule has 0 aromatic rings. The van der Waals surface area contributed by atoms with Gasteiger partial charge in [0.2, 0.25) is 0 Å². The third-order valence-electron chi connectivity index (χ3n) is 6.73. The van der Waals surface area contributed by atoms with Crippen molar-refractivity contribution in [2.75, 3.05) is 26.2 Å². The minimum Gasteiger partial charge on any atom is -0.409 e. The van der Waals surface area contributed by atoms with Crippen LogP contribution >= 0.6 is 0 Å². The molecular weight excluding hydrogens is 409 g/mol. The molecule has 0 bridgehead atoms. The van der Waals surface area contributed by atoms with Gasteiger partial charge in [-0.2, -0.15) is 0 Å². The number of hydrogen-bond donors (Lipinski definition) is 0. The topological polar surface area (TPSA) is 0 Å².